The molecular weight excluding hydrogens is 284 g/mol. The minimum absolute atomic E-state index is 0. The van der Waals surface area contributed by atoms with Crippen LogP contribution in [0.3, 0.4) is 0 Å². The van der Waals surface area contributed by atoms with Crippen LogP contribution < -0.4 is 17.8 Å². The van der Waals surface area contributed by atoms with Crippen LogP contribution >= 0.6 is 0 Å². The van der Waals surface area contributed by atoms with Crippen LogP contribution in [0, 0.1) is 0 Å². The van der Waals surface area contributed by atoms with Gasteiger partial charge < -0.3 is 12.4 Å². The number of hydrogen-bond donors (Lipinski definition) is 1. The second-order valence-electron chi connectivity index (χ2n) is 5.46. The van der Waals surface area contributed by atoms with Gasteiger partial charge in [-0.25, -0.2) is 4.59 Å². The quantitative estimate of drug-likeness (QED) is 0.421. The fourth-order valence-corrected chi connectivity index (χ4v) is 2.52. The lowest BCUT2D eigenvalue weighted by Gasteiger charge is -2.37. The van der Waals surface area contributed by atoms with Gasteiger partial charge >= 0.3 is 0 Å². The third-order valence-corrected chi connectivity index (χ3v) is 3.36. The standard InChI is InChI=1S/C17H26N2O.ClH/c1-5-12-19(13-6-2,18-17(20)15(3)4)14-16-10-8-7-9-11-16;/h7-11H,3,5-6,12-14H2,1-2,4H3;1H. The smallest absolute Gasteiger partial charge is 0.291 e. The van der Waals surface area contributed by atoms with Crippen LogP contribution in [0.1, 0.15) is 39.2 Å². The average molecular weight is 311 g/mol. The highest BCUT2D eigenvalue weighted by atomic mass is 35.5. The Morgan fingerprint density at radius 2 is 1.67 bits per heavy atom. The molecule has 0 aliphatic heterocycles. The first-order valence-electron chi connectivity index (χ1n) is 7.41. The zero-order valence-corrected chi connectivity index (χ0v) is 14.1. The summed E-state index contributed by atoms with van der Waals surface area (Å²) >= 11 is 0. The summed E-state index contributed by atoms with van der Waals surface area (Å²) in [6.07, 6.45) is 2.06. The van der Waals surface area contributed by atoms with Gasteiger partial charge in [0.05, 0.1) is 0 Å². The van der Waals surface area contributed by atoms with Gasteiger partial charge in [0.15, 0.2) is 0 Å². The van der Waals surface area contributed by atoms with Gasteiger partial charge in [0.1, 0.15) is 19.6 Å². The van der Waals surface area contributed by atoms with Gasteiger partial charge in [-0.2, -0.15) is 5.43 Å². The van der Waals surface area contributed by atoms with Gasteiger partial charge in [0, 0.05) is 11.1 Å². The molecule has 0 fully saturated rings. The molecule has 1 amide bonds. The molecule has 1 aromatic carbocycles. The van der Waals surface area contributed by atoms with Crippen molar-refractivity contribution < 1.29 is 21.8 Å². The molecule has 118 valence electrons. The monoisotopic (exact) mass is 310 g/mol. The fraction of sp³-hybridized carbons (Fsp3) is 0.471. The molecule has 0 aromatic heterocycles. The van der Waals surface area contributed by atoms with Crippen molar-refractivity contribution in [2.24, 2.45) is 0 Å². The van der Waals surface area contributed by atoms with Crippen LogP contribution in [-0.2, 0) is 11.3 Å². The summed E-state index contributed by atoms with van der Waals surface area (Å²) in [7, 11) is 0. The van der Waals surface area contributed by atoms with E-state index in [4.69, 9.17) is 0 Å². The van der Waals surface area contributed by atoms with Gasteiger partial charge in [0.25, 0.3) is 5.91 Å². The lowest BCUT2D eigenvalue weighted by Crippen LogP contribution is -3.00. The second kappa shape index (κ2) is 9.59. The molecule has 1 N–H and O–H groups in total. The molecule has 0 atom stereocenters. The summed E-state index contributed by atoms with van der Waals surface area (Å²) in [5, 5.41) is 0. The Kier molecular flexibility index (Phi) is 8.98. The topological polar surface area (TPSA) is 29.1 Å². The van der Waals surface area contributed by atoms with Gasteiger partial charge in [-0.1, -0.05) is 50.8 Å². The van der Waals surface area contributed by atoms with Crippen LogP contribution in [0.25, 0.3) is 0 Å². The SMILES string of the molecule is C=C(C)C(=O)N[N+](CCC)(CCC)Cc1ccccc1.[Cl-]. The second-order valence-corrected chi connectivity index (χ2v) is 5.46. The predicted octanol–water partition coefficient (Wildman–Crippen LogP) is 0.435. The van der Waals surface area contributed by atoms with E-state index in [-0.39, 0.29) is 18.3 Å². The molecule has 0 saturated carbocycles. The van der Waals surface area contributed by atoms with Crippen LogP contribution in [-0.4, -0.2) is 23.6 Å². The highest BCUT2D eigenvalue weighted by Crippen LogP contribution is 2.14. The minimum Gasteiger partial charge on any atom is -1.00 e. The summed E-state index contributed by atoms with van der Waals surface area (Å²) in [6, 6.07) is 10.3. The van der Waals surface area contributed by atoms with Crippen molar-refractivity contribution in [2.75, 3.05) is 13.1 Å². The number of hydrogen-bond acceptors (Lipinski definition) is 1. The summed E-state index contributed by atoms with van der Waals surface area (Å²) < 4.78 is 0.600. The van der Waals surface area contributed by atoms with E-state index in [2.05, 4.69) is 38.0 Å². The van der Waals surface area contributed by atoms with E-state index in [0.29, 0.717) is 10.2 Å². The molecule has 21 heavy (non-hydrogen) atoms. The van der Waals surface area contributed by atoms with Gasteiger partial charge in [-0.3, -0.25) is 4.79 Å². The Hall–Kier alpha value is -1.32. The number of carbonyl (C=O) groups excluding carboxylic acids is 1. The largest absolute Gasteiger partial charge is 1.00 e. The lowest BCUT2D eigenvalue weighted by molar-refractivity contribution is -0.973. The summed E-state index contributed by atoms with van der Waals surface area (Å²) in [5.41, 5.74) is 4.99. The predicted molar refractivity (Wildman–Crippen MR) is 83.7 cm³/mol. The Labute approximate surface area is 135 Å². The van der Waals surface area contributed by atoms with E-state index in [9.17, 15) is 4.79 Å². The maximum Gasteiger partial charge on any atom is 0.291 e. The Morgan fingerprint density at radius 1 is 1.14 bits per heavy atom. The van der Waals surface area contributed by atoms with E-state index in [0.717, 1.165) is 32.5 Å². The maximum absolute atomic E-state index is 12.1. The van der Waals surface area contributed by atoms with Crippen LogP contribution in [0.2, 0.25) is 0 Å². The molecule has 3 nitrogen and oxygen atoms in total. The van der Waals surface area contributed by atoms with Crippen molar-refractivity contribution >= 4 is 5.91 Å². The first kappa shape index (κ1) is 19.7. The normalized spacial score (nSPS) is 10.6. The van der Waals surface area contributed by atoms with Crippen LogP contribution in [0.4, 0.5) is 0 Å². The number of rotatable bonds is 8. The summed E-state index contributed by atoms with van der Waals surface area (Å²) in [4.78, 5) is 12.1. The van der Waals surface area contributed by atoms with Crippen molar-refractivity contribution in [3.63, 3.8) is 0 Å². The zero-order chi connectivity index (χ0) is 15.0. The van der Waals surface area contributed by atoms with E-state index in [1.165, 1.54) is 5.56 Å². The summed E-state index contributed by atoms with van der Waals surface area (Å²) in [5.74, 6) is -0.0529. The number of carbonyl (C=O) groups is 1. The third kappa shape index (κ3) is 6.32. The van der Waals surface area contributed by atoms with Gasteiger partial charge in [-0.05, 0) is 19.8 Å². The number of benzene rings is 1. The molecule has 1 aromatic rings. The maximum atomic E-state index is 12.1. The zero-order valence-electron chi connectivity index (χ0n) is 13.4. The van der Waals surface area contributed by atoms with Crippen molar-refractivity contribution in [2.45, 2.75) is 40.2 Å². The van der Waals surface area contributed by atoms with Gasteiger partial charge in [0.2, 0.25) is 0 Å². The number of quaternary nitrogens is 1. The number of nitrogens with zero attached hydrogens (tertiary/aromatic N) is 1. The molecule has 0 aliphatic rings. The van der Waals surface area contributed by atoms with Crippen molar-refractivity contribution in [3.05, 3.63) is 48.0 Å². The van der Waals surface area contributed by atoms with E-state index in [1.807, 2.05) is 18.2 Å². The molecule has 0 aliphatic carbocycles. The average Bonchev–Trinajstić information content (AvgIpc) is 2.40. The molecular formula is C17H27ClN2O. The number of nitrogens with one attached hydrogen (secondary N) is 1. The molecule has 0 heterocycles. The number of halogens is 1. The van der Waals surface area contributed by atoms with Crippen molar-refractivity contribution in [1.82, 2.24) is 5.43 Å². The van der Waals surface area contributed by atoms with E-state index in [1.54, 1.807) is 6.92 Å². The van der Waals surface area contributed by atoms with E-state index >= 15 is 0 Å². The molecule has 4 heteroatoms. The van der Waals surface area contributed by atoms with Crippen molar-refractivity contribution in [1.29, 1.82) is 0 Å². The molecule has 0 unspecified atom stereocenters. The Morgan fingerprint density at radius 3 is 2.10 bits per heavy atom. The molecule has 0 bridgehead atoms. The van der Waals surface area contributed by atoms with Crippen molar-refractivity contribution in [3.8, 4) is 0 Å². The highest BCUT2D eigenvalue weighted by molar-refractivity contribution is 5.91. The minimum atomic E-state index is -0.0529. The fourth-order valence-electron chi connectivity index (χ4n) is 2.52. The number of amides is 1. The molecule has 1 rings (SSSR count). The molecule has 0 spiro atoms. The Balaban J connectivity index is 0.00000400. The first-order chi connectivity index (χ1) is 9.53. The Bertz CT molecular complexity index is 439. The van der Waals surface area contributed by atoms with Crippen LogP contribution in [0.5, 0.6) is 0 Å². The van der Waals surface area contributed by atoms with Crippen LogP contribution in [0.15, 0.2) is 42.5 Å². The molecule has 0 radical (unpaired) electrons. The molecule has 0 saturated heterocycles. The highest BCUT2D eigenvalue weighted by Gasteiger charge is 2.29. The first-order valence-corrected chi connectivity index (χ1v) is 7.41. The third-order valence-electron chi connectivity index (χ3n) is 3.36. The van der Waals surface area contributed by atoms with Gasteiger partial charge in [-0.15, -0.1) is 0 Å². The summed E-state index contributed by atoms with van der Waals surface area (Å²) in [6.45, 7) is 12.5. The van der Waals surface area contributed by atoms with E-state index < -0.39 is 0 Å². The lowest BCUT2D eigenvalue weighted by atomic mass is 10.2.